The van der Waals surface area contributed by atoms with Crippen molar-refractivity contribution >= 4 is 12.2 Å². The third-order valence-electron chi connectivity index (χ3n) is 5.00. The van der Waals surface area contributed by atoms with Gasteiger partial charge in [-0.2, -0.15) is 0 Å². The highest BCUT2D eigenvalue weighted by atomic mass is 16.6. The Hall–Kier alpha value is -1.54. The van der Waals surface area contributed by atoms with Crippen LogP contribution in [0.25, 0.3) is 0 Å². The van der Waals surface area contributed by atoms with E-state index in [2.05, 4.69) is 9.80 Å². The van der Waals surface area contributed by atoms with E-state index in [0.29, 0.717) is 0 Å². The summed E-state index contributed by atoms with van der Waals surface area (Å²) in [5.74, 6) is 0. The van der Waals surface area contributed by atoms with Gasteiger partial charge in [0.1, 0.15) is 11.2 Å². The fourth-order valence-corrected chi connectivity index (χ4v) is 3.48. The molecule has 2 amide bonds. The summed E-state index contributed by atoms with van der Waals surface area (Å²) in [5, 5.41) is 0. The third-order valence-corrected chi connectivity index (χ3v) is 5.00. The van der Waals surface area contributed by atoms with Crippen molar-refractivity contribution in [1.82, 2.24) is 19.6 Å². The Balaban J connectivity index is 1.59. The van der Waals surface area contributed by atoms with Crippen LogP contribution in [0, 0.1) is 0 Å². The normalized spacial score (nSPS) is 19.9. The van der Waals surface area contributed by atoms with Crippen LogP contribution in [0.3, 0.4) is 0 Å². The molecule has 0 N–H and O–H groups in total. The second kappa shape index (κ2) is 9.98. The van der Waals surface area contributed by atoms with Crippen molar-refractivity contribution in [3.8, 4) is 0 Å². The van der Waals surface area contributed by atoms with E-state index in [1.165, 1.54) is 0 Å². The number of carbonyl (C=O) groups excluding carboxylic acids is 2. The maximum absolute atomic E-state index is 12.1. The van der Waals surface area contributed by atoms with Crippen molar-refractivity contribution in [3.05, 3.63) is 0 Å². The van der Waals surface area contributed by atoms with Crippen LogP contribution in [0.5, 0.6) is 0 Å². The van der Waals surface area contributed by atoms with Gasteiger partial charge in [0.25, 0.3) is 0 Å². The van der Waals surface area contributed by atoms with Gasteiger partial charge in [0.15, 0.2) is 0 Å². The maximum atomic E-state index is 12.1. The number of amides is 2. The zero-order chi connectivity index (χ0) is 21.7. The lowest BCUT2D eigenvalue weighted by atomic mass is 10.2. The van der Waals surface area contributed by atoms with Gasteiger partial charge in [0.05, 0.1) is 0 Å². The standard InChI is InChI=1S/C21H40N4O4/c1-20(2,3)28-18(26)24-14-10-22(11-15-24)8-7-9-23-12-16-25(17-13-23)19(27)29-21(4,5)6/h7-17H2,1-6H3. The molecular formula is C21H40N4O4. The minimum atomic E-state index is -0.443. The van der Waals surface area contributed by atoms with Crippen LogP contribution in [0.1, 0.15) is 48.0 Å². The summed E-state index contributed by atoms with van der Waals surface area (Å²) in [7, 11) is 0. The summed E-state index contributed by atoms with van der Waals surface area (Å²) < 4.78 is 10.9. The first kappa shape index (κ1) is 23.7. The van der Waals surface area contributed by atoms with Crippen LogP contribution in [0.4, 0.5) is 9.59 Å². The first-order valence-electron chi connectivity index (χ1n) is 10.8. The molecule has 0 aromatic rings. The monoisotopic (exact) mass is 412 g/mol. The van der Waals surface area contributed by atoms with Crippen LogP contribution in [0.15, 0.2) is 0 Å². The Morgan fingerprint density at radius 1 is 0.621 bits per heavy atom. The van der Waals surface area contributed by atoms with Crippen LogP contribution in [-0.4, -0.2) is 108 Å². The van der Waals surface area contributed by atoms with Crippen LogP contribution < -0.4 is 0 Å². The molecule has 2 heterocycles. The van der Waals surface area contributed by atoms with Gasteiger partial charge in [0.2, 0.25) is 0 Å². The predicted octanol–water partition coefficient (Wildman–Crippen LogP) is 2.48. The van der Waals surface area contributed by atoms with E-state index in [1.807, 2.05) is 41.5 Å². The number of rotatable bonds is 4. The number of hydrogen-bond acceptors (Lipinski definition) is 6. The summed E-state index contributed by atoms with van der Waals surface area (Å²) in [4.78, 5) is 32.7. The molecule has 0 aliphatic carbocycles. The lowest BCUT2D eigenvalue weighted by Gasteiger charge is -2.37. The van der Waals surface area contributed by atoms with Crippen molar-refractivity contribution < 1.29 is 19.1 Å². The van der Waals surface area contributed by atoms with Crippen LogP contribution >= 0.6 is 0 Å². The number of nitrogens with zero attached hydrogens (tertiary/aromatic N) is 4. The molecule has 0 spiro atoms. The minimum Gasteiger partial charge on any atom is -0.444 e. The second-order valence-corrected chi connectivity index (χ2v) is 9.97. The van der Waals surface area contributed by atoms with Gasteiger partial charge in [-0.05, 0) is 61.1 Å². The zero-order valence-corrected chi connectivity index (χ0v) is 19.2. The molecule has 2 aliphatic rings. The molecule has 0 aromatic heterocycles. The van der Waals surface area contributed by atoms with Gasteiger partial charge in [-0.15, -0.1) is 0 Å². The molecule has 2 rings (SSSR count). The largest absolute Gasteiger partial charge is 0.444 e. The topological polar surface area (TPSA) is 65.6 Å². The maximum Gasteiger partial charge on any atom is 0.410 e. The summed E-state index contributed by atoms with van der Waals surface area (Å²) >= 11 is 0. The lowest BCUT2D eigenvalue weighted by Crippen LogP contribution is -2.51. The molecule has 0 radical (unpaired) electrons. The summed E-state index contributed by atoms with van der Waals surface area (Å²) in [6, 6.07) is 0. The smallest absolute Gasteiger partial charge is 0.410 e. The first-order chi connectivity index (χ1) is 13.4. The Labute approximate surface area is 176 Å². The number of piperazine rings is 2. The summed E-state index contributed by atoms with van der Waals surface area (Å²) in [6.07, 6.45) is 0.679. The molecule has 168 valence electrons. The number of ether oxygens (including phenoxy) is 2. The first-order valence-corrected chi connectivity index (χ1v) is 10.8. The summed E-state index contributed by atoms with van der Waals surface area (Å²) in [5.41, 5.74) is -0.885. The Morgan fingerprint density at radius 2 is 0.931 bits per heavy atom. The van der Waals surface area contributed by atoms with E-state index in [9.17, 15) is 9.59 Å². The zero-order valence-electron chi connectivity index (χ0n) is 19.2. The van der Waals surface area contributed by atoms with E-state index in [4.69, 9.17) is 9.47 Å². The van der Waals surface area contributed by atoms with Crippen molar-refractivity contribution in [3.63, 3.8) is 0 Å². The molecule has 29 heavy (non-hydrogen) atoms. The predicted molar refractivity (Wildman–Crippen MR) is 113 cm³/mol. The highest BCUT2D eigenvalue weighted by Crippen LogP contribution is 2.13. The highest BCUT2D eigenvalue weighted by Gasteiger charge is 2.27. The van der Waals surface area contributed by atoms with Crippen LogP contribution in [0.2, 0.25) is 0 Å². The van der Waals surface area contributed by atoms with Gasteiger partial charge in [-0.25, -0.2) is 9.59 Å². The van der Waals surface area contributed by atoms with E-state index in [1.54, 1.807) is 9.80 Å². The van der Waals surface area contributed by atoms with Crippen LogP contribution in [-0.2, 0) is 9.47 Å². The average molecular weight is 413 g/mol. The van der Waals surface area contributed by atoms with E-state index in [0.717, 1.165) is 71.9 Å². The van der Waals surface area contributed by atoms with Gasteiger partial charge >= 0.3 is 12.2 Å². The fraction of sp³-hybridized carbons (Fsp3) is 0.905. The lowest BCUT2D eigenvalue weighted by molar-refractivity contribution is 0.0130. The van der Waals surface area contributed by atoms with Crippen molar-refractivity contribution in [1.29, 1.82) is 0 Å². The number of hydrogen-bond donors (Lipinski definition) is 0. The van der Waals surface area contributed by atoms with Crippen molar-refractivity contribution in [2.75, 3.05) is 65.4 Å². The van der Waals surface area contributed by atoms with E-state index >= 15 is 0 Å². The third kappa shape index (κ3) is 8.78. The Kier molecular flexibility index (Phi) is 8.17. The summed E-state index contributed by atoms with van der Waals surface area (Å²) in [6.45, 7) is 19.9. The second-order valence-electron chi connectivity index (χ2n) is 9.97. The van der Waals surface area contributed by atoms with Gasteiger partial charge in [0, 0.05) is 52.4 Å². The average Bonchev–Trinajstić information content (AvgIpc) is 2.60. The van der Waals surface area contributed by atoms with Crippen molar-refractivity contribution in [2.45, 2.75) is 59.2 Å². The molecule has 2 aliphatic heterocycles. The van der Waals surface area contributed by atoms with Gasteiger partial charge < -0.3 is 19.3 Å². The molecule has 0 atom stereocenters. The van der Waals surface area contributed by atoms with Crippen molar-refractivity contribution in [2.24, 2.45) is 0 Å². The molecular weight excluding hydrogens is 372 g/mol. The molecule has 0 bridgehead atoms. The SMILES string of the molecule is CC(C)(C)OC(=O)N1CCN(CCCN2CCN(C(=O)OC(C)(C)C)CC2)CC1. The minimum absolute atomic E-state index is 0.208. The Bertz CT molecular complexity index is 492. The molecule has 8 heteroatoms. The van der Waals surface area contributed by atoms with Gasteiger partial charge in [-0.1, -0.05) is 0 Å². The van der Waals surface area contributed by atoms with E-state index in [-0.39, 0.29) is 12.2 Å². The van der Waals surface area contributed by atoms with Gasteiger partial charge in [-0.3, -0.25) is 9.80 Å². The molecule has 0 unspecified atom stereocenters. The molecule has 0 aromatic carbocycles. The Morgan fingerprint density at radius 3 is 1.21 bits per heavy atom. The molecule has 2 saturated heterocycles. The molecule has 8 nitrogen and oxygen atoms in total. The van der Waals surface area contributed by atoms with E-state index < -0.39 is 11.2 Å². The highest BCUT2D eigenvalue weighted by molar-refractivity contribution is 5.68. The number of carbonyl (C=O) groups is 2. The quantitative estimate of drug-likeness (QED) is 0.707. The fourth-order valence-electron chi connectivity index (χ4n) is 3.48. The molecule has 2 fully saturated rings. The molecule has 0 saturated carbocycles.